The van der Waals surface area contributed by atoms with Crippen molar-refractivity contribution < 1.29 is 17.9 Å². The zero-order valence-corrected chi connectivity index (χ0v) is 18.8. The van der Waals surface area contributed by atoms with Crippen LogP contribution in [0.15, 0.2) is 42.5 Å². The van der Waals surface area contributed by atoms with Crippen LogP contribution in [0.2, 0.25) is 15.1 Å². The number of sulfonamides is 1. The quantitative estimate of drug-likeness (QED) is 0.513. The average Bonchev–Trinajstić information content (AvgIpc) is 2.64. The molecule has 0 atom stereocenters. The predicted molar refractivity (Wildman–Crippen MR) is 118 cm³/mol. The number of rotatable bonds is 10. The van der Waals surface area contributed by atoms with Gasteiger partial charge in [-0.05, 0) is 48.9 Å². The fourth-order valence-corrected chi connectivity index (χ4v) is 4.17. The van der Waals surface area contributed by atoms with E-state index in [9.17, 15) is 13.2 Å². The molecule has 0 aliphatic heterocycles. The van der Waals surface area contributed by atoms with Gasteiger partial charge in [0.2, 0.25) is 15.9 Å². The molecule has 2 rings (SSSR count). The van der Waals surface area contributed by atoms with Crippen LogP contribution >= 0.6 is 34.8 Å². The predicted octanol–water partition coefficient (Wildman–Crippen LogP) is 4.39. The van der Waals surface area contributed by atoms with E-state index in [0.717, 1.165) is 6.26 Å². The van der Waals surface area contributed by atoms with Crippen molar-refractivity contribution in [3.05, 3.63) is 57.5 Å². The first-order valence-electron chi connectivity index (χ1n) is 8.74. The van der Waals surface area contributed by atoms with Crippen LogP contribution in [0.3, 0.4) is 0 Å². The maximum Gasteiger partial charge on any atom is 0.232 e. The van der Waals surface area contributed by atoms with Gasteiger partial charge in [-0.3, -0.25) is 9.10 Å². The van der Waals surface area contributed by atoms with Gasteiger partial charge in [-0.1, -0.05) is 34.8 Å². The van der Waals surface area contributed by atoms with Crippen molar-refractivity contribution in [3.8, 4) is 5.75 Å². The molecule has 0 unspecified atom stereocenters. The summed E-state index contributed by atoms with van der Waals surface area (Å²) in [6.07, 6.45) is 1.58. The Kier molecular flexibility index (Phi) is 8.89. The molecule has 0 saturated carbocycles. The van der Waals surface area contributed by atoms with E-state index in [1.807, 2.05) is 0 Å². The number of halogens is 3. The minimum atomic E-state index is -3.56. The zero-order chi connectivity index (χ0) is 21.4. The second kappa shape index (κ2) is 10.9. The summed E-state index contributed by atoms with van der Waals surface area (Å²) in [5.41, 5.74) is 0.329. The number of hydrogen-bond acceptors (Lipinski definition) is 4. The van der Waals surface area contributed by atoms with Gasteiger partial charge in [0.05, 0.1) is 23.5 Å². The van der Waals surface area contributed by atoms with Gasteiger partial charge in [-0.15, -0.1) is 0 Å². The molecule has 10 heteroatoms. The van der Waals surface area contributed by atoms with Crippen molar-refractivity contribution in [3.63, 3.8) is 0 Å². The van der Waals surface area contributed by atoms with Gasteiger partial charge < -0.3 is 10.1 Å². The number of carbonyl (C=O) groups is 1. The number of hydrogen-bond donors (Lipinski definition) is 1. The summed E-state index contributed by atoms with van der Waals surface area (Å²) in [6.45, 7) is 0.762. The number of benzene rings is 2. The molecule has 1 N–H and O–H groups in total. The molecule has 0 spiro atoms. The maximum atomic E-state index is 12.1. The highest BCUT2D eigenvalue weighted by atomic mass is 35.5. The summed E-state index contributed by atoms with van der Waals surface area (Å²) in [6, 6.07) is 11.5. The molecule has 2 aromatic rings. The van der Waals surface area contributed by atoms with E-state index < -0.39 is 10.0 Å². The minimum absolute atomic E-state index is 0.120. The van der Waals surface area contributed by atoms with Crippen LogP contribution in [0.4, 0.5) is 5.69 Å². The lowest BCUT2D eigenvalue weighted by molar-refractivity contribution is -0.121. The van der Waals surface area contributed by atoms with Gasteiger partial charge in [0.15, 0.2) is 0 Å². The van der Waals surface area contributed by atoms with Gasteiger partial charge in [0.25, 0.3) is 0 Å². The Bertz CT molecular complexity index is 937. The highest BCUT2D eigenvalue weighted by molar-refractivity contribution is 7.92. The van der Waals surface area contributed by atoms with Crippen LogP contribution in [0.1, 0.15) is 12.8 Å². The minimum Gasteiger partial charge on any atom is -0.492 e. The number of ether oxygens (including phenoxy) is 1. The van der Waals surface area contributed by atoms with Gasteiger partial charge in [-0.25, -0.2) is 8.42 Å². The molecule has 0 saturated heterocycles. The highest BCUT2D eigenvalue weighted by Gasteiger charge is 2.20. The maximum absolute atomic E-state index is 12.1. The Balaban J connectivity index is 1.78. The van der Waals surface area contributed by atoms with Crippen molar-refractivity contribution in [1.82, 2.24) is 5.32 Å². The second-order valence-corrected chi connectivity index (χ2v) is 9.37. The Morgan fingerprint density at radius 1 is 1.07 bits per heavy atom. The molecule has 0 heterocycles. The van der Waals surface area contributed by atoms with Crippen molar-refractivity contribution >= 4 is 56.4 Å². The molecule has 0 aromatic heterocycles. The first kappa shape index (κ1) is 23.6. The van der Waals surface area contributed by atoms with Crippen molar-refractivity contribution in [2.24, 2.45) is 0 Å². The molecule has 0 fully saturated rings. The summed E-state index contributed by atoms with van der Waals surface area (Å²) < 4.78 is 30.9. The summed E-state index contributed by atoms with van der Waals surface area (Å²) in [7, 11) is -3.56. The number of amides is 1. The lowest BCUT2D eigenvalue weighted by Gasteiger charge is -2.23. The topological polar surface area (TPSA) is 75.7 Å². The summed E-state index contributed by atoms with van der Waals surface area (Å²) >= 11 is 17.8. The molecule has 0 aliphatic rings. The molecule has 1 amide bonds. The molecular weight excluding hydrogens is 459 g/mol. The molecule has 29 heavy (non-hydrogen) atoms. The van der Waals surface area contributed by atoms with Crippen LogP contribution in [0, 0.1) is 0 Å². The zero-order valence-electron chi connectivity index (χ0n) is 15.7. The monoisotopic (exact) mass is 478 g/mol. The van der Waals surface area contributed by atoms with Crippen LogP contribution in [-0.2, 0) is 14.8 Å². The first-order chi connectivity index (χ1) is 13.7. The lowest BCUT2D eigenvalue weighted by Crippen LogP contribution is -2.33. The third kappa shape index (κ3) is 7.93. The van der Waals surface area contributed by atoms with Gasteiger partial charge in [0, 0.05) is 23.0 Å². The van der Waals surface area contributed by atoms with Crippen LogP contribution in [-0.4, -0.2) is 40.3 Å². The van der Waals surface area contributed by atoms with E-state index >= 15 is 0 Å². The van der Waals surface area contributed by atoms with Gasteiger partial charge in [0.1, 0.15) is 12.4 Å². The second-order valence-electron chi connectivity index (χ2n) is 6.19. The largest absolute Gasteiger partial charge is 0.492 e. The third-order valence-corrected chi connectivity index (χ3v) is 5.82. The summed E-state index contributed by atoms with van der Waals surface area (Å²) in [5.74, 6) is 0.465. The van der Waals surface area contributed by atoms with E-state index in [1.54, 1.807) is 36.4 Å². The van der Waals surface area contributed by atoms with Crippen LogP contribution in [0.5, 0.6) is 5.75 Å². The third-order valence-electron chi connectivity index (χ3n) is 3.85. The lowest BCUT2D eigenvalue weighted by atomic mass is 10.2. The molecule has 0 radical (unpaired) electrons. The Labute approximate surface area is 185 Å². The van der Waals surface area contributed by atoms with E-state index in [2.05, 4.69) is 5.32 Å². The fourth-order valence-electron chi connectivity index (χ4n) is 2.51. The highest BCUT2D eigenvalue weighted by Crippen LogP contribution is 2.30. The number of nitrogens with zero attached hydrogens (tertiary/aromatic N) is 1. The first-order valence-corrected chi connectivity index (χ1v) is 11.7. The normalized spacial score (nSPS) is 11.2. The average molecular weight is 480 g/mol. The number of nitrogens with one attached hydrogen (secondary N) is 1. The summed E-state index contributed by atoms with van der Waals surface area (Å²) in [5, 5.41) is 3.99. The Morgan fingerprint density at radius 2 is 1.72 bits per heavy atom. The SMILES string of the molecule is CS(=O)(=O)N(CCCC(=O)NCCOc1ccc(Cl)cc1)c1ccc(Cl)cc1Cl. The van der Waals surface area contributed by atoms with Crippen molar-refractivity contribution in [2.45, 2.75) is 12.8 Å². The molecule has 0 bridgehead atoms. The molecule has 2 aromatic carbocycles. The molecule has 158 valence electrons. The van der Waals surface area contributed by atoms with Crippen molar-refractivity contribution in [2.75, 3.05) is 30.3 Å². The standard InChI is InChI=1S/C19H21Cl3N2O4S/c1-29(26,27)24(18-9-6-15(21)13-17(18)22)11-2-3-19(25)23-10-12-28-16-7-4-14(20)5-8-16/h4-9,13H,2-3,10-12H2,1H3,(H,23,25). The Hall–Kier alpha value is -1.67. The van der Waals surface area contributed by atoms with Gasteiger partial charge in [-0.2, -0.15) is 0 Å². The van der Waals surface area contributed by atoms with E-state index in [1.165, 1.54) is 10.4 Å². The Morgan fingerprint density at radius 3 is 2.34 bits per heavy atom. The smallest absolute Gasteiger partial charge is 0.232 e. The van der Waals surface area contributed by atoms with E-state index in [-0.39, 0.29) is 23.9 Å². The van der Waals surface area contributed by atoms with E-state index in [4.69, 9.17) is 39.5 Å². The number of carbonyl (C=O) groups excluding carboxylic acids is 1. The van der Waals surface area contributed by atoms with Crippen LogP contribution in [0.25, 0.3) is 0 Å². The fraction of sp³-hybridized carbons (Fsp3) is 0.316. The van der Waals surface area contributed by atoms with Crippen molar-refractivity contribution in [1.29, 1.82) is 0 Å². The van der Waals surface area contributed by atoms with Gasteiger partial charge >= 0.3 is 0 Å². The van der Waals surface area contributed by atoms with E-state index in [0.29, 0.717) is 41.1 Å². The molecule has 6 nitrogen and oxygen atoms in total. The molecular formula is C19H21Cl3N2O4S. The number of anilines is 1. The van der Waals surface area contributed by atoms with Crippen LogP contribution < -0.4 is 14.4 Å². The molecule has 0 aliphatic carbocycles. The summed E-state index contributed by atoms with van der Waals surface area (Å²) in [4.78, 5) is 12.0.